The molecule has 34 heavy (non-hydrogen) atoms. The van der Waals surface area contributed by atoms with Crippen LogP contribution in [0, 0.1) is 0 Å². The minimum atomic E-state index is -3.43. The van der Waals surface area contributed by atoms with Gasteiger partial charge in [-0.3, -0.25) is 9.36 Å². The molecule has 1 aromatic heterocycles. The van der Waals surface area contributed by atoms with Crippen molar-refractivity contribution in [1.29, 1.82) is 0 Å². The summed E-state index contributed by atoms with van der Waals surface area (Å²) in [6.07, 6.45) is 3.45. The molecule has 0 spiro atoms. The highest BCUT2D eigenvalue weighted by Gasteiger charge is 2.26. The molecule has 1 N–H and O–H groups in total. The van der Waals surface area contributed by atoms with Crippen molar-refractivity contribution in [2.75, 3.05) is 18.8 Å². The van der Waals surface area contributed by atoms with Crippen molar-refractivity contribution in [3.8, 4) is 5.69 Å². The van der Waals surface area contributed by atoms with Gasteiger partial charge in [-0.1, -0.05) is 49.9 Å². The lowest BCUT2D eigenvalue weighted by atomic mass is 10.0. The smallest absolute Gasteiger partial charge is 0.243 e. The summed E-state index contributed by atoms with van der Waals surface area (Å²) in [7, 11) is -3.43. The molecule has 8 nitrogen and oxygen atoms in total. The first-order valence-electron chi connectivity index (χ1n) is 11.3. The number of aromatic nitrogens is 3. The average Bonchev–Trinajstić information content (AvgIpc) is 3.54. The Hall–Kier alpha value is -2.69. The van der Waals surface area contributed by atoms with Crippen LogP contribution in [0.25, 0.3) is 5.69 Å². The number of sulfonamides is 1. The molecule has 1 saturated heterocycles. The fourth-order valence-electron chi connectivity index (χ4n) is 3.76. The second-order valence-corrected chi connectivity index (χ2v) is 11.4. The van der Waals surface area contributed by atoms with Crippen LogP contribution in [-0.4, -0.2) is 52.2 Å². The summed E-state index contributed by atoms with van der Waals surface area (Å²) in [6, 6.07) is 14.9. The monoisotopic (exact) mass is 499 g/mol. The van der Waals surface area contributed by atoms with Crippen LogP contribution < -0.4 is 5.32 Å². The van der Waals surface area contributed by atoms with Gasteiger partial charge in [0.25, 0.3) is 0 Å². The van der Waals surface area contributed by atoms with E-state index in [2.05, 4.69) is 41.5 Å². The Kier molecular flexibility index (Phi) is 7.70. The van der Waals surface area contributed by atoms with E-state index in [1.807, 2.05) is 16.7 Å². The number of nitrogens with zero attached hydrogens (tertiary/aromatic N) is 4. The van der Waals surface area contributed by atoms with Crippen molar-refractivity contribution in [3.63, 3.8) is 0 Å². The van der Waals surface area contributed by atoms with Gasteiger partial charge in [0.05, 0.1) is 10.6 Å². The number of carbonyl (C=O) groups is 1. The second-order valence-electron chi connectivity index (χ2n) is 8.55. The van der Waals surface area contributed by atoms with Crippen molar-refractivity contribution in [1.82, 2.24) is 24.4 Å². The van der Waals surface area contributed by atoms with Gasteiger partial charge in [0.2, 0.25) is 15.9 Å². The van der Waals surface area contributed by atoms with Crippen molar-refractivity contribution in [3.05, 3.63) is 66.0 Å². The largest absolute Gasteiger partial charge is 0.351 e. The topological polar surface area (TPSA) is 97.2 Å². The highest BCUT2D eigenvalue weighted by atomic mass is 32.2. The zero-order chi connectivity index (χ0) is 24.1. The molecule has 2 heterocycles. The van der Waals surface area contributed by atoms with E-state index < -0.39 is 10.0 Å². The summed E-state index contributed by atoms with van der Waals surface area (Å²) < 4.78 is 28.6. The lowest BCUT2D eigenvalue weighted by Crippen LogP contribution is -2.28. The number of amides is 1. The maximum Gasteiger partial charge on any atom is 0.243 e. The number of thioether (sulfide) groups is 1. The molecule has 2 aromatic carbocycles. The lowest BCUT2D eigenvalue weighted by molar-refractivity contribution is -0.118. The molecule has 0 atom stereocenters. The van der Waals surface area contributed by atoms with Crippen LogP contribution in [0.1, 0.15) is 43.7 Å². The van der Waals surface area contributed by atoms with Crippen LogP contribution >= 0.6 is 11.8 Å². The third-order valence-electron chi connectivity index (χ3n) is 5.80. The van der Waals surface area contributed by atoms with Gasteiger partial charge in [-0.05, 0) is 54.2 Å². The summed E-state index contributed by atoms with van der Waals surface area (Å²) in [4.78, 5) is 12.7. The van der Waals surface area contributed by atoms with Crippen molar-refractivity contribution >= 4 is 27.7 Å². The molecule has 1 aliphatic heterocycles. The number of rotatable bonds is 9. The normalized spacial score (nSPS) is 14.6. The van der Waals surface area contributed by atoms with Crippen LogP contribution in [0.3, 0.4) is 0 Å². The van der Waals surface area contributed by atoms with Crippen molar-refractivity contribution in [2.24, 2.45) is 0 Å². The van der Waals surface area contributed by atoms with Crippen LogP contribution in [0.15, 0.2) is 64.9 Å². The third kappa shape index (κ3) is 5.68. The van der Waals surface area contributed by atoms with Gasteiger partial charge in [0.1, 0.15) is 6.33 Å². The Bertz CT molecular complexity index is 1220. The predicted octanol–water partition coefficient (Wildman–Crippen LogP) is 3.58. The molecule has 1 aliphatic rings. The van der Waals surface area contributed by atoms with Crippen molar-refractivity contribution < 1.29 is 13.2 Å². The van der Waals surface area contributed by atoms with E-state index in [1.54, 1.807) is 30.6 Å². The Morgan fingerprint density at radius 3 is 2.38 bits per heavy atom. The van der Waals surface area contributed by atoms with Crippen LogP contribution in [-0.2, 0) is 21.4 Å². The number of nitrogens with one attached hydrogen (secondary N) is 1. The Labute approximate surface area is 204 Å². The molecule has 1 fully saturated rings. The molecule has 0 bridgehead atoms. The molecule has 0 unspecified atom stereocenters. The molecule has 0 aliphatic carbocycles. The van der Waals surface area contributed by atoms with Crippen LogP contribution in [0.4, 0.5) is 0 Å². The SMILES string of the molecule is CC(C)c1ccc(-n2cnnc2SCC(=O)NCc2ccc(S(=O)(=O)N3CCCC3)cc2)cc1. The number of hydrogen-bond acceptors (Lipinski definition) is 6. The van der Waals surface area contributed by atoms with Crippen LogP contribution in [0.5, 0.6) is 0 Å². The van der Waals surface area contributed by atoms with E-state index in [0.29, 0.717) is 35.6 Å². The van der Waals surface area contributed by atoms with E-state index in [0.717, 1.165) is 24.1 Å². The summed E-state index contributed by atoms with van der Waals surface area (Å²) in [5.74, 6) is 0.520. The minimum absolute atomic E-state index is 0.136. The van der Waals surface area contributed by atoms with Gasteiger partial charge < -0.3 is 5.32 Å². The zero-order valence-electron chi connectivity index (χ0n) is 19.3. The van der Waals surface area contributed by atoms with E-state index in [4.69, 9.17) is 0 Å². The van der Waals surface area contributed by atoms with Gasteiger partial charge in [-0.2, -0.15) is 4.31 Å². The number of carbonyl (C=O) groups excluding carboxylic acids is 1. The molecule has 180 valence electrons. The van der Waals surface area contributed by atoms with E-state index >= 15 is 0 Å². The molecule has 0 saturated carbocycles. The number of hydrogen-bond donors (Lipinski definition) is 1. The number of benzene rings is 2. The fraction of sp³-hybridized carbons (Fsp3) is 0.375. The highest BCUT2D eigenvalue weighted by Crippen LogP contribution is 2.23. The highest BCUT2D eigenvalue weighted by molar-refractivity contribution is 7.99. The average molecular weight is 500 g/mol. The molecule has 1 amide bonds. The maximum atomic E-state index is 12.6. The van der Waals surface area contributed by atoms with Gasteiger partial charge in [0, 0.05) is 25.3 Å². The van der Waals surface area contributed by atoms with Gasteiger partial charge in [-0.15, -0.1) is 10.2 Å². The maximum absolute atomic E-state index is 12.6. The summed E-state index contributed by atoms with van der Waals surface area (Å²) in [6.45, 7) is 5.79. The fourth-order valence-corrected chi connectivity index (χ4v) is 6.03. The Morgan fingerprint density at radius 1 is 1.06 bits per heavy atom. The minimum Gasteiger partial charge on any atom is -0.351 e. The molecule has 4 rings (SSSR count). The Morgan fingerprint density at radius 2 is 1.74 bits per heavy atom. The van der Waals surface area contributed by atoms with Gasteiger partial charge in [0.15, 0.2) is 5.16 Å². The zero-order valence-corrected chi connectivity index (χ0v) is 21.0. The van der Waals surface area contributed by atoms with Crippen LogP contribution in [0.2, 0.25) is 0 Å². The first-order valence-corrected chi connectivity index (χ1v) is 13.8. The Balaban J connectivity index is 1.29. The molecular weight excluding hydrogens is 470 g/mol. The molecule has 0 radical (unpaired) electrons. The first-order chi connectivity index (χ1) is 16.3. The summed E-state index contributed by atoms with van der Waals surface area (Å²) >= 11 is 1.31. The predicted molar refractivity (Wildman–Crippen MR) is 132 cm³/mol. The second kappa shape index (κ2) is 10.7. The first kappa shape index (κ1) is 24.4. The lowest BCUT2D eigenvalue weighted by Gasteiger charge is -2.15. The van der Waals surface area contributed by atoms with E-state index in [9.17, 15) is 13.2 Å². The summed E-state index contributed by atoms with van der Waals surface area (Å²) in [5, 5.41) is 11.7. The summed E-state index contributed by atoms with van der Waals surface area (Å²) in [5.41, 5.74) is 3.04. The molecular formula is C24H29N5O3S2. The van der Waals surface area contributed by atoms with Gasteiger partial charge in [-0.25, -0.2) is 8.42 Å². The quantitative estimate of drug-likeness (QED) is 0.452. The van der Waals surface area contributed by atoms with Gasteiger partial charge >= 0.3 is 0 Å². The van der Waals surface area contributed by atoms with Crippen molar-refractivity contribution in [2.45, 2.75) is 49.2 Å². The standard InChI is InChI=1S/C24H29N5O3S2/c1-18(2)20-7-9-21(10-8-20)29-17-26-27-24(29)33-16-23(30)25-15-19-5-11-22(12-6-19)34(31,32)28-13-3-4-14-28/h5-12,17-18H,3-4,13-16H2,1-2H3,(H,25,30). The molecule has 3 aromatic rings. The third-order valence-corrected chi connectivity index (χ3v) is 8.66. The van der Waals surface area contributed by atoms with E-state index in [-0.39, 0.29) is 11.7 Å². The molecule has 10 heteroatoms. The van der Waals surface area contributed by atoms with E-state index in [1.165, 1.54) is 21.6 Å².